The van der Waals surface area contributed by atoms with Gasteiger partial charge in [0.05, 0.1) is 0 Å². The van der Waals surface area contributed by atoms with Gasteiger partial charge in [0.15, 0.2) is 0 Å². The van der Waals surface area contributed by atoms with Gasteiger partial charge in [0.2, 0.25) is 11.8 Å². The number of nitrogens with zero attached hydrogens (tertiary/aromatic N) is 2. The molecule has 1 saturated heterocycles. The lowest BCUT2D eigenvalue weighted by Gasteiger charge is -2.40. The first-order valence-corrected chi connectivity index (χ1v) is 11.2. The summed E-state index contributed by atoms with van der Waals surface area (Å²) in [6, 6.07) is 8.76. The molecule has 2 aliphatic carbocycles. The monoisotopic (exact) mass is 382 g/mol. The molecule has 1 spiro atoms. The Labute approximate surface area is 169 Å². The predicted octanol–water partition coefficient (Wildman–Crippen LogP) is 4.09. The molecule has 0 aromatic heterocycles. The highest BCUT2D eigenvalue weighted by Crippen LogP contribution is 2.52. The maximum atomic E-state index is 12.8. The van der Waals surface area contributed by atoms with Gasteiger partial charge in [-0.05, 0) is 74.3 Å². The molecule has 4 rings (SSSR count). The van der Waals surface area contributed by atoms with E-state index < -0.39 is 0 Å². The lowest BCUT2D eigenvalue weighted by Crippen LogP contribution is -2.44. The molecule has 0 radical (unpaired) electrons. The molecule has 1 aromatic carbocycles. The Bertz CT molecular complexity index is 728. The molecule has 1 aromatic rings. The quantitative estimate of drug-likeness (QED) is 0.743. The van der Waals surface area contributed by atoms with Gasteiger partial charge in [0, 0.05) is 39.0 Å². The standard InChI is InChI=1S/C24H34N2O2/c1-3-25(4-2)23(28)16-19-17-24(21-8-6-5-7-20(19)21)11-13-26(14-12-24)22(27)15-18-9-10-18/h5-8,18-19H,3-4,9-17H2,1-2H3/t19-/m1/s1. The molecule has 0 N–H and O–H groups in total. The summed E-state index contributed by atoms with van der Waals surface area (Å²) in [7, 11) is 0. The number of rotatable bonds is 6. The van der Waals surface area contributed by atoms with Gasteiger partial charge >= 0.3 is 0 Å². The topological polar surface area (TPSA) is 40.6 Å². The zero-order chi connectivity index (χ0) is 19.7. The minimum atomic E-state index is 0.154. The van der Waals surface area contributed by atoms with Gasteiger partial charge in [-0.25, -0.2) is 0 Å². The first-order chi connectivity index (χ1) is 13.6. The number of benzene rings is 1. The first-order valence-electron chi connectivity index (χ1n) is 11.2. The van der Waals surface area contributed by atoms with Crippen LogP contribution in [-0.2, 0) is 15.0 Å². The van der Waals surface area contributed by atoms with Crippen LogP contribution >= 0.6 is 0 Å². The molecule has 1 aliphatic heterocycles. The zero-order valence-corrected chi connectivity index (χ0v) is 17.5. The Morgan fingerprint density at radius 1 is 1.07 bits per heavy atom. The van der Waals surface area contributed by atoms with E-state index in [0.29, 0.717) is 24.2 Å². The summed E-state index contributed by atoms with van der Waals surface area (Å²) in [6.45, 7) is 7.42. The summed E-state index contributed by atoms with van der Waals surface area (Å²) >= 11 is 0. The lowest BCUT2D eigenvalue weighted by molar-refractivity contribution is -0.133. The van der Waals surface area contributed by atoms with Crippen molar-refractivity contribution in [2.45, 2.75) is 70.1 Å². The summed E-state index contributed by atoms with van der Waals surface area (Å²) in [5.41, 5.74) is 2.98. The number of amides is 2. The molecule has 4 nitrogen and oxygen atoms in total. The van der Waals surface area contributed by atoms with Gasteiger partial charge < -0.3 is 9.80 Å². The fourth-order valence-electron chi connectivity index (χ4n) is 5.48. The van der Waals surface area contributed by atoms with Crippen LogP contribution in [0.3, 0.4) is 0 Å². The summed E-state index contributed by atoms with van der Waals surface area (Å²) in [5.74, 6) is 1.61. The van der Waals surface area contributed by atoms with Crippen molar-refractivity contribution in [1.29, 1.82) is 0 Å². The Morgan fingerprint density at radius 3 is 2.39 bits per heavy atom. The molecule has 2 fully saturated rings. The minimum absolute atomic E-state index is 0.154. The average Bonchev–Trinajstić information content (AvgIpc) is 3.48. The minimum Gasteiger partial charge on any atom is -0.343 e. The van der Waals surface area contributed by atoms with E-state index in [2.05, 4.69) is 43.0 Å². The van der Waals surface area contributed by atoms with Crippen LogP contribution in [0, 0.1) is 5.92 Å². The summed E-state index contributed by atoms with van der Waals surface area (Å²) in [4.78, 5) is 29.3. The summed E-state index contributed by atoms with van der Waals surface area (Å²) < 4.78 is 0. The van der Waals surface area contributed by atoms with Crippen LogP contribution in [0.5, 0.6) is 0 Å². The average molecular weight is 383 g/mol. The molecule has 4 heteroatoms. The van der Waals surface area contributed by atoms with Crippen molar-refractivity contribution in [1.82, 2.24) is 9.80 Å². The van der Waals surface area contributed by atoms with Gasteiger partial charge in [-0.1, -0.05) is 24.3 Å². The number of hydrogen-bond donors (Lipinski definition) is 0. The van der Waals surface area contributed by atoms with Crippen molar-refractivity contribution in [3.8, 4) is 0 Å². The number of piperidine rings is 1. The molecule has 0 bridgehead atoms. The zero-order valence-electron chi connectivity index (χ0n) is 17.5. The first kappa shape index (κ1) is 19.5. The second kappa shape index (κ2) is 7.88. The molecular weight excluding hydrogens is 348 g/mol. The van der Waals surface area contributed by atoms with E-state index in [1.54, 1.807) is 0 Å². The molecule has 152 valence electrons. The predicted molar refractivity (Wildman–Crippen MR) is 111 cm³/mol. The molecule has 2 amide bonds. The highest BCUT2D eigenvalue weighted by atomic mass is 16.2. The second-order valence-electron chi connectivity index (χ2n) is 9.07. The fourth-order valence-corrected chi connectivity index (χ4v) is 5.48. The SMILES string of the molecule is CCN(CC)C(=O)C[C@@H]1CC2(CCN(C(=O)CC3CC3)CC2)c2ccccc21. The highest BCUT2D eigenvalue weighted by Gasteiger charge is 2.46. The Hall–Kier alpha value is -1.84. The van der Waals surface area contributed by atoms with Crippen LogP contribution in [0.2, 0.25) is 0 Å². The lowest BCUT2D eigenvalue weighted by atomic mass is 9.73. The van der Waals surface area contributed by atoms with Crippen LogP contribution < -0.4 is 0 Å². The molecule has 0 unspecified atom stereocenters. The number of likely N-dealkylation sites (tertiary alicyclic amines) is 1. The smallest absolute Gasteiger partial charge is 0.223 e. The van der Waals surface area contributed by atoms with E-state index >= 15 is 0 Å². The Morgan fingerprint density at radius 2 is 1.75 bits per heavy atom. The fraction of sp³-hybridized carbons (Fsp3) is 0.667. The van der Waals surface area contributed by atoms with Gasteiger partial charge in [0.25, 0.3) is 0 Å². The molecule has 28 heavy (non-hydrogen) atoms. The number of fused-ring (bicyclic) bond motifs is 2. The van der Waals surface area contributed by atoms with Crippen molar-refractivity contribution in [3.63, 3.8) is 0 Å². The van der Waals surface area contributed by atoms with E-state index in [0.717, 1.165) is 51.9 Å². The maximum Gasteiger partial charge on any atom is 0.223 e. The molecular formula is C24H34N2O2. The van der Waals surface area contributed by atoms with Crippen molar-refractivity contribution in [2.75, 3.05) is 26.2 Å². The molecule has 1 saturated carbocycles. The van der Waals surface area contributed by atoms with Crippen LogP contribution in [0.25, 0.3) is 0 Å². The largest absolute Gasteiger partial charge is 0.343 e. The van der Waals surface area contributed by atoms with Crippen LogP contribution in [0.4, 0.5) is 0 Å². The van der Waals surface area contributed by atoms with Crippen molar-refractivity contribution in [3.05, 3.63) is 35.4 Å². The van der Waals surface area contributed by atoms with Crippen LogP contribution in [0.15, 0.2) is 24.3 Å². The third-order valence-corrected chi connectivity index (χ3v) is 7.38. The third-order valence-electron chi connectivity index (χ3n) is 7.38. The van der Waals surface area contributed by atoms with Crippen molar-refractivity contribution < 1.29 is 9.59 Å². The number of carbonyl (C=O) groups is 2. The van der Waals surface area contributed by atoms with Crippen LogP contribution in [0.1, 0.15) is 75.8 Å². The maximum absolute atomic E-state index is 12.8. The number of carbonyl (C=O) groups excluding carboxylic acids is 2. The Balaban J connectivity index is 1.47. The normalized spacial score (nSPS) is 22.9. The van der Waals surface area contributed by atoms with Crippen molar-refractivity contribution >= 4 is 11.8 Å². The van der Waals surface area contributed by atoms with Crippen LogP contribution in [-0.4, -0.2) is 47.8 Å². The second-order valence-corrected chi connectivity index (χ2v) is 9.07. The molecule has 1 atom stereocenters. The number of hydrogen-bond acceptors (Lipinski definition) is 2. The van der Waals surface area contributed by atoms with Gasteiger partial charge in [-0.3, -0.25) is 9.59 Å². The van der Waals surface area contributed by atoms with E-state index in [1.807, 2.05) is 4.90 Å². The van der Waals surface area contributed by atoms with Crippen molar-refractivity contribution in [2.24, 2.45) is 5.92 Å². The van der Waals surface area contributed by atoms with Gasteiger partial charge in [0.1, 0.15) is 0 Å². The van der Waals surface area contributed by atoms with E-state index in [1.165, 1.54) is 24.0 Å². The van der Waals surface area contributed by atoms with Gasteiger partial charge in [-0.2, -0.15) is 0 Å². The van der Waals surface area contributed by atoms with E-state index in [4.69, 9.17) is 0 Å². The molecule has 1 heterocycles. The molecule has 3 aliphatic rings. The third kappa shape index (κ3) is 3.70. The van der Waals surface area contributed by atoms with E-state index in [-0.39, 0.29) is 11.3 Å². The Kier molecular flexibility index (Phi) is 5.48. The van der Waals surface area contributed by atoms with Gasteiger partial charge in [-0.15, -0.1) is 0 Å². The summed E-state index contributed by atoms with van der Waals surface area (Å²) in [6.07, 6.45) is 6.98. The van der Waals surface area contributed by atoms with E-state index in [9.17, 15) is 9.59 Å². The summed E-state index contributed by atoms with van der Waals surface area (Å²) in [5, 5.41) is 0. The highest BCUT2D eigenvalue weighted by molar-refractivity contribution is 5.78.